The highest BCUT2D eigenvalue weighted by molar-refractivity contribution is 7.07. The third-order valence-electron chi connectivity index (χ3n) is 5.32. The second-order valence-electron chi connectivity index (χ2n) is 7.50. The number of nitro benzene ring substituents is 2. The first-order valence-corrected chi connectivity index (χ1v) is 11.2. The Morgan fingerprint density at radius 1 is 1.14 bits per heavy atom. The van der Waals surface area contributed by atoms with Crippen molar-refractivity contribution in [1.82, 2.24) is 4.57 Å². The number of carbonyl (C=O) groups excluding carboxylic acids is 1. The van der Waals surface area contributed by atoms with Crippen LogP contribution in [0.1, 0.15) is 31.0 Å². The van der Waals surface area contributed by atoms with Crippen LogP contribution in [0.25, 0.3) is 6.08 Å². The summed E-state index contributed by atoms with van der Waals surface area (Å²) in [5.41, 5.74) is 0.647. The van der Waals surface area contributed by atoms with Gasteiger partial charge >= 0.3 is 5.97 Å². The standard InChI is InChI=1S/C23H18N4O7S/c1-3-34-22(29)19-13(2)24-23-25(20(19)15-5-4-6-17(12-15)27(32)33)21(28)18(35-23)11-14-7-9-16(10-8-14)26(30)31/h4-12,20H,3H2,1-2H3/b18-11+. The maximum Gasteiger partial charge on any atom is 0.338 e. The molecule has 1 unspecified atom stereocenters. The summed E-state index contributed by atoms with van der Waals surface area (Å²) in [6.07, 6.45) is 1.57. The largest absolute Gasteiger partial charge is 0.463 e. The van der Waals surface area contributed by atoms with Gasteiger partial charge in [0, 0.05) is 24.3 Å². The fourth-order valence-corrected chi connectivity index (χ4v) is 4.81. The van der Waals surface area contributed by atoms with Crippen LogP contribution in [0.5, 0.6) is 0 Å². The third kappa shape index (κ3) is 4.51. The fourth-order valence-electron chi connectivity index (χ4n) is 3.76. The first-order chi connectivity index (χ1) is 16.7. The topological polar surface area (TPSA) is 147 Å². The van der Waals surface area contributed by atoms with E-state index in [0.717, 1.165) is 11.3 Å². The lowest BCUT2D eigenvalue weighted by Crippen LogP contribution is -2.39. The van der Waals surface area contributed by atoms with Crippen LogP contribution in [0.4, 0.5) is 11.4 Å². The summed E-state index contributed by atoms with van der Waals surface area (Å²) < 4.78 is 6.81. The van der Waals surface area contributed by atoms with Crippen LogP contribution in [0, 0.1) is 20.2 Å². The van der Waals surface area contributed by atoms with E-state index in [1.54, 1.807) is 26.0 Å². The monoisotopic (exact) mass is 494 g/mol. The number of rotatable bonds is 6. The molecule has 1 aliphatic rings. The molecule has 0 N–H and O–H groups in total. The van der Waals surface area contributed by atoms with Crippen LogP contribution in [0.2, 0.25) is 0 Å². The first kappa shape index (κ1) is 23.7. The molecular weight excluding hydrogens is 476 g/mol. The molecule has 0 saturated carbocycles. The number of esters is 1. The van der Waals surface area contributed by atoms with E-state index in [1.807, 2.05) is 0 Å². The molecule has 0 spiro atoms. The van der Waals surface area contributed by atoms with Gasteiger partial charge in [-0.05, 0) is 43.2 Å². The predicted molar refractivity (Wildman–Crippen MR) is 127 cm³/mol. The van der Waals surface area contributed by atoms with Crippen molar-refractivity contribution in [1.29, 1.82) is 0 Å². The number of non-ortho nitro benzene ring substituents is 2. The van der Waals surface area contributed by atoms with E-state index in [9.17, 15) is 29.8 Å². The van der Waals surface area contributed by atoms with Crippen LogP contribution < -0.4 is 14.9 Å². The summed E-state index contributed by atoms with van der Waals surface area (Å²) in [5.74, 6) is -0.671. The SMILES string of the molecule is CCOC(=O)C1=C(C)N=c2s/c(=C/c3ccc([N+](=O)[O-])cc3)c(=O)n2C1c1cccc([N+](=O)[O-])c1. The Morgan fingerprint density at radius 3 is 2.46 bits per heavy atom. The minimum atomic E-state index is -0.982. The lowest BCUT2D eigenvalue weighted by atomic mass is 9.95. The van der Waals surface area contributed by atoms with Crippen molar-refractivity contribution in [3.8, 4) is 0 Å². The number of benzene rings is 2. The zero-order chi connectivity index (χ0) is 25.3. The van der Waals surface area contributed by atoms with Crippen LogP contribution in [0.15, 0.2) is 69.6 Å². The van der Waals surface area contributed by atoms with Crippen LogP contribution >= 0.6 is 11.3 Å². The number of nitro groups is 2. The number of carbonyl (C=O) groups is 1. The normalized spacial score (nSPS) is 15.4. The maximum atomic E-state index is 13.5. The highest BCUT2D eigenvalue weighted by Crippen LogP contribution is 2.32. The average Bonchev–Trinajstić information content (AvgIpc) is 3.13. The molecule has 35 heavy (non-hydrogen) atoms. The maximum absolute atomic E-state index is 13.5. The van der Waals surface area contributed by atoms with Crippen molar-refractivity contribution in [2.75, 3.05) is 6.61 Å². The molecule has 3 aromatic rings. The number of allylic oxidation sites excluding steroid dienone is 1. The van der Waals surface area contributed by atoms with Crippen LogP contribution in [-0.2, 0) is 9.53 Å². The molecular formula is C23H18N4O7S. The quantitative estimate of drug-likeness (QED) is 0.291. The smallest absolute Gasteiger partial charge is 0.338 e. The zero-order valence-electron chi connectivity index (χ0n) is 18.5. The average molecular weight is 494 g/mol. The Morgan fingerprint density at radius 2 is 1.83 bits per heavy atom. The van der Waals surface area contributed by atoms with Gasteiger partial charge in [-0.3, -0.25) is 29.6 Å². The second-order valence-corrected chi connectivity index (χ2v) is 8.51. The Balaban J connectivity index is 1.93. The highest BCUT2D eigenvalue weighted by Gasteiger charge is 2.34. The Labute approximate surface area is 201 Å². The Hall–Kier alpha value is -4.45. The molecule has 0 amide bonds. The molecule has 1 aliphatic heterocycles. The van der Waals surface area contributed by atoms with E-state index in [1.165, 1.54) is 47.0 Å². The van der Waals surface area contributed by atoms with E-state index in [4.69, 9.17) is 4.74 Å². The van der Waals surface area contributed by atoms with Gasteiger partial charge in [0.1, 0.15) is 0 Å². The van der Waals surface area contributed by atoms with Crippen LogP contribution in [0.3, 0.4) is 0 Å². The van der Waals surface area contributed by atoms with E-state index in [0.29, 0.717) is 21.6 Å². The summed E-state index contributed by atoms with van der Waals surface area (Å²) in [4.78, 5) is 52.3. The van der Waals surface area contributed by atoms with E-state index in [2.05, 4.69) is 4.99 Å². The van der Waals surface area contributed by atoms with E-state index >= 15 is 0 Å². The Bertz CT molecular complexity index is 1570. The highest BCUT2D eigenvalue weighted by atomic mass is 32.1. The molecule has 0 saturated heterocycles. The van der Waals surface area contributed by atoms with Gasteiger partial charge in [-0.1, -0.05) is 23.5 Å². The van der Waals surface area contributed by atoms with Crippen molar-refractivity contribution >= 4 is 34.8 Å². The summed E-state index contributed by atoms with van der Waals surface area (Å²) in [6.45, 7) is 3.36. The minimum absolute atomic E-state index is 0.0796. The van der Waals surface area contributed by atoms with Crippen molar-refractivity contribution < 1.29 is 19.4 Å². The summed E-state index contributed by atoms with van der Waals surface area (Å²) >= 11 is 1.08. The molecule has 0 radical (unpaired) electrons. The van der Waals surface area contributed by atoms with Gasteiger partial charge < -0.3 is 4.74 Å². The molecule has 1 atom stereocenters. The Kier molecular flexibility index (Phi) is 6.38. The van der Waals surface area contributed by atoms with Gasteiger partial charge in [0.15, 0.2) is 4.80 Å². The molecule has 11 nitrogen and oxygen atoms in total. The van der Waals surface area contributed by atoms with Gasteiger partial charge in [0.25, 0.3) is 16.9 Å². The number of hydrogen-bond acceptors (Lipinski definition) is 9. The molecule has 12 heteroatoms. The molecule has 178 valence electrons. The van der Waals surface area contributed by atoms with Gasteiger partial charge in [0.2, 0.25) is 0 Å². The van der Waals surface area contributed by atoms with Crippen LogP contribution in [-0.4, -0.2) is 27.0 Å². The van der Waals surface area contributed by atoms with Gasteiger partial charge in [-0.15, -0.1) is 0 Å². The van der Waals surface area contributed by atoms with E-state index < -0.39 is 27.4 Å². The van der Waals surface area contributed by atoms with Gasteiger partial charge in [-0.25, -0.2) is 9.79 Å². The number of aromatic nitrogens is 1. The van der Waals surface area contributed by atoms with Gasteiger partial charge in [-0.2, -0.15) is 0 Å². The number of hydrogen-bond donors (Lipinski definition) is 0. The molecule has 2 aromatic carbocycles. The summed E-state index contributed by atoms with van der Waals surface area (Å²) in [5, 5.41) is 22.3. The molecule has 0 bridgehead atoms. The molecule has 0 aliphatic carbocycles. The molecule has 0 fully saturated rings. The number of fused-ring (bicyclic) bond motifs is 1. The first-order valence-electron chi connectivity index (χ1n) is 10.4. The third-order valence-corrected chi connectivity index (χ3v) is 6.30. The van der Waals surface area contributed by atoms with Crippen molar-refractivity contribution in [3.63, 3.8) is 0 Å². The number of nitrogens with zero attached hydrogens (tertiary/aromatic N) is 4. The number of ether oxygens (including phenoxy) is 1. The second kappa shape index (κ2) is 9.43. The minimum Gasteiger partial charge on any atom is -0.463 e. The molecule has 1 aromatic heterocycles. The fraction of sp³-hybridized carbons (Fsp3) is 0.174. The summed E-state index contributed by atoms with van der Waals surface area (Å²) in [7, 11) is 0. The lowest BCUT2D eigenvalue weighted by molar-refractivity contribution is -0.385. The van der Waals surface area contributed by atoms with E-state index in [-0.39, 0.29) is 28.1 Å². The predicted octanol–water partition coefficient (Wildman–Crippen LogP) is 2.61. The lowest BCUT2D eigenvalue weighted by Gasteiger charge is -2.24. The summed E-state index contributed by atoms with van der Waals surface area (Å²) in [6, 6.07) is 10.4. The molecule has 2 heterocycles. The van der Waals surface area contributed by atoms with Gasteiger partial charge in [0.05, 0.1) is 38.3 Å². The molecule has 4 rings (SSSR count). The van der Waals surface area contributed by atoms with Crippen molar-refractivity contribution in [2.45, 2.75) is 19.9 Å². The zero-order valence-corrected chi connectivity index (χ0v) is 19.4. The number of thiazole rings is 1. The van der Waals surface area contributed by atoms with Crippen molar-refractivity contribution in [3.05, 3.63) is 111 Å². The van der Waals surface area contributed by atoms with Crippen molar-refractivity contribution in [2.24, 2.45) is 4.99 Å².